The number of hydrogen-bond acceptors (Lipinski definition) is 3. The maximum absolute atomic E-state index is 13.1. The molecule has 1 atom stereocenters. The molecule has 1 aromatic heterocycles. The van der Waals surface area contributed by atoms with Crippen molar-refractivity contribution in [2.45, 2.75) is 38.6 Å². The van der Waals surface area contributed by atoms with E-state index in [0.29, 0.717) is 5.56 Å². The number of hydrogen-bond donors (Lipinski definition) is 2. The van der Waals surface area contributed by atoms with Gasteiger partial charge in [0.2, 0.25) is 0 Å². The van der Waals surface area contributed by atoms with Crippen molar-refractivity contribution >= 4 is 29.2 Å². The summed E-state index contributed by atoms with van der Waals surface area (Å²) in [5.74, 6) is -0.607. The Hall–Kier alpha value is -3.18. The second kappa shape index (κ2) is 10.2. The molecule has 0 fully saturated rings. The van der Waals surface area contributed by atoms with Crippen molar-refractivity contribution < 1.29 is 9.59 Å². The van der Waals surface area contributed by atoms with Gasteiger partial charge in [-0.25, -0.2) is 0 Å². The minimum Gasteiger partial charge on any atom is -0.348 e. The van der Waals surface area contributed by atoms with Crippen LogP contribution < -0.4 is 10.6 Å². The summed E-state index contributed by atoms with van der Waals surface area (Å²) in [6, 6.07) is 22.9. The van der Waals surface area contributed by atoms with Gasteiger partial charge in [0.05, 0.1) is 0 Å². The van der Waals surface area contributed by atoms with Crippen molar-refractivity contribution in [2.75, 3.05) is 0 Å². The first-order chi connectivity index (χ1) is 14.8. The van der Waals surface area contributed by atoms with Gasteiger partial charge in [-0.05, 0) is 54.0 Å². The van der Waals surface area contributed by atoms with Gasteiger partial charge in [0.1, 0.15) is 5.70 Å². The lowest BCUT2D eigenvalue weighted by atomic mass is 9.79. The van der Waals surface area contributed by atoms with E-state index in [0.717, 1.165) is 11.3 Å². The minimum atomic E-state index is -0.309. The third kappa shape index (κ3) is 6.40. The molecule has 2 amide bonds. The Labute approximate surface area is 188 Å². The first kappa shape index (κ1) is 22.5. The molecule has 5 heteroatoms. The molecule has 31 heavy (non-hydrogen) atoms. The number of thiophene rings is 1. The zero-order valence-corrected chi connectivity index (χ0v) is 18.9. The van der Waals surface area contributed by atoms with Crippen molar-refractivity contribution in [1.82, 2.24) is 10.6 Å². The summed E-state index contributed by atoms with van der Waals surface area (Å²) in [7, 11) is 0. The van der Waals surface area contributed by atoms with Gasteiger partial charge in [-0.2, -0.15) is 0 Å². The van der Waals surface area contributed by atoms with E-state index in [-0.39, 0.29) is 29.0 Å². The zero-order valence-electron chi connectivity index (χ0n) is 18.1. The molecular weight excluding hydrogens is 404 g/mol. The van der Waals surface area contributed by atoms with E-state index in [1.807, 2.05) is 48.7 Å². The van der Waals surface area contributed by atoms with Crippen LogP contribution in [-0.2, 0) is 10.2 Å². The predicted molar refractivity (Wildman–Crippen MR) is 128 cm³/mol. The summed E-state index contributed by atoms with van der Waals surface area (Å²) in [4.78, 5) is 26.6. The summed E-state index contributed by atoms with van der Waals surface area (Å²) in [5, 5.41) is 7.78. The standard InChI is InChI=1S/C26H28N2O2S/c1-19(18-26(2,3)21-13-8-5-9-14-21)27-25(30)23(17-22-15-10-16-31-22)28-24(29)20-11-6-4-7-12-20/h4-17,19H,18H2,1-3H3,(H,27,30)(H,28,29)/b23-17-. The van der Waals surface area contributed by atoms with Crippen molar-refractivity contribution in [3.8, 4) is 0 Å². The van der Waals surface area contributed by atoms with Gasteiger partial charge >= 0.3 is 0 Å². The van der Waals surface area contributed by atoms with E-state index in [4.69, 9.17) is 0 Å². The molecule has 0 aliphatic heterocycles. The highest BCUT2D eigenvalue weighted by Gasteiger charge is 2.25. The Balaban J connectivity index is 1.73. The third-order valence-corrected chi connectivity index (χ3v) is 5.93. The van der Waals surface area contributed by atoms with Gasteiger partial charge < -0.3 is 10.6 Å². The van der Waals surface area contributed by atoms with Crippen molar-refractivity contribution in [1.29, 1.82) is 0 Å². The summed E-state index contributed by atoms with van der Waals surface area (Å²) in [6.45, 7) is 6.33. The number of rotatable bonds is 8. The average molecular weight is 433 g/mol. The molecule has 0 saturated carbocycles. The number of amides is 2. The fraction of sp³-hybridized carbons (Fsp3) is 0.231. The molecule has 4 nitrogen and oxygen atoms in total. The molecule has 0 radical (unpaired) electrons. The van der Waals surface area contributed by atoms with Crippen LogP contribution in [0.15, 0.2) is 83.9 Å². The van der Waals surface area contributed by atoms with Crippen molar-refractivity contribution in [2.24, 2.45) is 0 Å². The Morgan fingerprint density at radius 1 is 0.968 bits per heavy atom. The van der Waals surface area contributed by atoms with Crippen LogP contribution in [0.5, 0.6) is 0 Å². The summed E-state index contributed by atoms with van der Waals surface area (Å²) < 4.78 is 0. The molecule has 0 aliphatic carbocycles. The monoisotopic (exact) mass is 432 g/mol. The lowest BCUT2D eigenvalue weighted by molar-refractivity contribution is -0.118. The maximum atomic E-state index is 13.1. The van der Waals surface area contributed by atoms with Gasteiger partial charge in [0.25, 0.3) is 11.8 Å². The number of carbonyl (C=O) groups excluding carboxylic acids is 2. The molecule has 2 N–H and O–H groups in total. The fourth-order valence-electron chi connectivity index (χ4n) is 3.58. The van der Waals surface area contributed by atoms with Crippen LogP contribution in [0.2, 0.25) is 0 Å². The number of benzene rings is 2. The SMILES string of the molecule is CC(CC(C)(C)c1ccccc1)NC(=O)/C(=C/c1cccs1)NC(=O)c1ccccc1. The van der Waals surface area contributed by atoms with E-state index >= 15 is 0 Å². The van der Waals surface area contributed by atoms with Crippen LogP contribution in [0, 0.1) is 0 Å². The summed E-state index contributed by atoms with van der Waals surface area (Å²) in [5.41, 5.74) is 1.87. The highest BCUT2D eigenvalue weighted by molar-refractivity contribution is 7.10. The van der Waals surface area contributed by atoms with Crippen LogP contribution in [0.3, 0.4) is 0 Å². The molecule has 3 aromatic rings. The zero-order chi connectivity index (χ0) is 22.3. The molecule has 3 rings (SSSR count). The first-order valence-electron chi connectivity index (χ1n) is 10.3. The highest BCUT2D eigenvalue weighted by Crippen LogP contribution is 2.28. The highest BCUT2D eigenvalue weighted by atomic mass is 32.1. The lowest BCUT2D eigenvalue weighted by Gasteiger charge is -2.29. The first-order valence-corrected chi connectivity index (χ1v) is 11.2. The van der Waals surface area contributed by atoms with Gasteiger partial charge in [-0.1, -0.05) is 68.4 Å². The van der Waals surface area contributed by atoms with E-state index in [1.165, 1.54) is 16.9 Å². The van der Waals surface area contributed by atoms with Crippen LogP contribution in [0.25, 0.3) is 6.08 Å². The van der Waals surface area contributed by atoms with E-state index in [1.54, 1.807) is 30.3 Å². The number of carbonyl (C=O) groups is 2. The molecule has 160 valence electrons. The average Bonchev–Trinajstić information content (AvgIpc) is 3.27. The second-order valence-electron chi connectivity index (χ2n) is 8.22. The molecule has 1 unspecified atom stereocenters. The molecular formula is C26H28N2O2S. The van der Waals surface area contributed by atoms with Gasteiger partial charge in [0, 0.05) is 16.5 Å². The van der Waals surface area contributed by atoms with Crippen LogP contribution in [-0.4, -0.2) is 17.9 Å². The normalized spacial score (nSPS) is 12.8. The maximum Gasteiger partial charge on any atom is 0.268 e. The molecule has 0 bridgehead atoms. The van der Waals surface area contributed by atoms with Gasteiger partial charge in [-0.3, -0.25) is 9.59 Å². The Bertz CT molecular complexity index is 1030. The van der Waals surface area contributed by atoms with E-state index in [2.05, 4.69) is 36.6 Å². The Kier molecular flexibility index (Phi) is 7.42. The molecule has 0 aliphatic rings. The Morgan fingerprint density at radius 3 is 2.23 bits per heavy atom. The second-order valence-corrected chi connectivity index (χ2v) is 9.20. The third-order valence-electron chi connectivity index (χ3n) is 5.11. The van der Waals surface area contributed by atoms with Crippen LogP contribution in [0.4, 0.5) is 0 Å². The van der Waals surface area contributed by atoms with Crippen LogP contribution in [0.1, 0.15) is 48.0 Å². The molecule has 0 spiro atoms. The fourth-order valence-corrected chi connectivity index (χ4v) is 4.24. The topological polar surface area (TPSA) is 58.2 Å². The van der Waals surface area contributed by atoms with E-state index in [9.17, 15) is 9.59 Å². The molecule has 2 aromatic carbocycles. The summed E-state index contributed by atoms with van der Waals surface area (Å²) in [6.07, 6.45) is 2.48. The van der Waals surface area contributed by atoms with Crippen molar-refractivity contribution in [3.05, 3.63) is 99.9 Å². The van der Waals surface area contributed by atoms with Gasteiger partial charge in [-0.15, -0.1) is 11.3 Å². The largest absolute Gasteiger partial charge is 0.348 e. The van der Waals surface area contributed by atoms with Gasteiger partial charge in [0.15, 0.2) is 0 Å². The smallest absolute Gasteiger partial charge is 0.268 e. The lowest BCUT2D eigenvalue weighted by Crippen LogP contribution is -2.41. The molecule has 0 saturated heterocycles. The van der Waals surface area contributed by atoms with E-state index < -0.39 is 0 Å². The summed E-state index contributed by atoms with van der Waals surface area (Å²) >= 11 is 1.51. The van der Waals surface area contributed by atoms with Crippen LogP contribution >= 0.6 is 11.3 Å². The molecule has 1 heterocycles. The quantitative estimate of drug-likeness (QED) is 0.469. The predicted octanol–water partition coefficient (Wildman–Crippen LogP) is 5.39. The number of nitrogens with one attached hydrogen (secondary N) is 2. The minimum absolute atomic E-state index is 0.0805. The van der Waals surface area contributed by atoms with Crippen molar-refractivity contribution in [3.63, 3.8) is 0 Å². The Morgan fingerprint density at radius 2 is 1.61 bits per heavy atom.